The molecule has 0 aliphatic carbocycles. The average molecular weight is 313 g/mol. The average Bonchev–Trinajstić information content (AvgIpc) is 2.38. The van der Waals surface area contributed by atoms with Crippen LogP contribution in [0.15, 0.2) is 29.2 Å². The first-order valence-electron chi connectivity index (χ1n) is 7.08. The largest absolute Gasteiger partial charge is 0.481 e. The molecule has 1 rings (SSSR count). The number of aliphatic carboxylic acids is 1. The van der Waals surface area contributed by atoms with Crippen molar-refractivity contribution in [1.29, 1.82) is 0 Å². The predicted octanol–water partition coefficient (Wildman–Crippen LogP) is 2.37. The maximum atomic E-state index is 12.4. The molecule has 21 heavy (non-hydrogen) atoms. The Morgan fingerprint density at radius 1 is 1.24 bits per heavy atom. The first kappa shape index (κ1) is 17.7. The van der Waals surface area contributed by atoms with Gasteiger partial charge in [-0.2, -0.15) is 4.31 Å². The topological polar surface area (TPSA) is 74.7 Å². The van der Waals surface area contributed by atoms with E-state index in [9.17, 15) is 13.2 Å². The van der Waals surface area contributed by atoms with E-state index in [1.165, 1.54) is 4.31 Å². The fraction of sp³-hybridized carbons (Fsp3) is 0.533. The Bertz CT molecular complexity index is 564. The Kier molecular flexibility index (Phi) is 6.36. The molecule has 0 atom stereocenters. The molecular formula is C15H23NO4S. The Balaban J connectivity index is 2.92. The highest BCUT2D eigenvalue weighted by Gasteiger charge is 2.23. The minimum atomic E-state index is -3.62. The van der Waals surface area contributed by atoms with Gasteiger partial charge >= 0.3 is 5.97 Å². The first-order chi connectivity index (χ1) is 9.77. The Hall–Kier alpha value is -1.40. The van der Waals surface area contributed by atoms with Crippen molar-refractivity contribution < 1.29 is 18.3 Å². The van der Waals surface area contributed by atoms with Crippen molar-refractivity contribution in [2.45, 2.75) is 38.5 Å². The number of hydrogen-bond acceptors (Lipinski definition) is 3. The van der Waals surface area contributed by atoms with E-state index in [2.05, 4.69) is 13.8 Å². The van der Waals surface area contributed by atoms with E-state index in [-0.39, 0.29) is 24.4 Å². The van der Waals surface area contributed by atoms with Gasteiger partial charge in [0.2, 0.25) is 10.0 Å². The second-order valence-corrected chi connectivity index (χ2v) is 7.32. The summed E-state index contributed by atoms with van der Waals surface area (Å²) in [4.78, 5) is 10.8. The fourth-order valence-electron chi connectivity index (χ4n) is 2.09. The van der Waals surface area contributed by atoms with E-state index in [0.717, 1.165) is 12.0 Å². The summed E-state index contributed by atoms with van der Waals surface area (Å²) in [6.07, 6.45) is 0.704. The summed E-state index contributed by atoms with van der Waals surface area (Å²) in [6.45, 7) is 6.16. The van der Waals surface area contributed by atoms with Gasteiger partial charge < -0.3 is 5.11 Å². The number of carboxylic acid groups (broad SMARTS) is 1. The maximum absolute atomic E-state index is 12.4. The van der Waals surface area contributed by atoms with Crippen LogP contribution < -0.4 is 0 Å². The highest BCUT2D eigenvalue weighted by molar-refractivity contribution is 7.89. The number of sulfonamides is 1. The van der Waals surface area contributed by atoms with Gasteiger partial charge in [0.1, 0.15) is 0 Å². The summed E-state index contributed by atoms with van der Waals surface area (Å²) in [5.74, 6) is -0.494. The van der Waals surface area contributed by atoms with Gasteiger partial charge in [-0.25, -0.2) is 8.42 Å². The molecule has 0 unspecified atom stereocenters. The predicted molar refractivity (Wildman–Crippen MR) is 81.7 cm³/mol. The first-order valence-corrected chi connectivity index (χ1v) is 8.52. The third-order valence-electron chi connectivity index (χ3n) is 3.13. The smallest absolute Gasteiger partial charge is 0.304 e. The van der Waals surface area contributed by atoms with Crippen LogP contribution in [-0.4, -0.2) is 36.9 Å². The number of nitrogens with zero attached hydrogens (tertiary/aromatic N) is 1. The fourth-order valence-corrected chi connectivity index (χ4v) is 3.54. The molecule has 1 N–H and O–H groups in total. The van der Waals surface area contributed by atoms with Gasteiger partial charge in [-0.15, -0.1) is 0 Å². The molecule has 0 bridgehead atoms. The lowest BCUT2D eigenvalue weighted by molar-refractivity contribution is -0.137. The van der Waals surface area contributed by atoms with Crippen LogP contribution in [0.5, 0.6) is 0 Å². The van der Waals surface area contributed by atoms with Gasteiger partial charge in [0.25, 0.3) is 0 Å². The van der Waals surface area contributed by atoms with Gasteiger partial charge in [-0.3, -0.25) is 4.79 Å². The number of carbonyl (C=O) groups is 1. The molecule has 0 saturated heterocycles. The lowest BCUT2D eigenvalue weighted by Gasteiger charge is -2.19. The third kappa shape index (κ3) is 5.13. The van der Waals surface area contributed by atoms with Crippen LogP contribution in [0.2, 0.25) is 0 Å². The van der Waals surface area contributed by atoms with Crippen LogP contribution in [0.25, 0.3) is 0 Å². The van der Waals surface area contributed by atoms with Crippen LogP contribution in [0, 0.1) is 5.92 Å². The third-order valence-corrected chi connectivity index (χ3v) is 5.12. The molecule has 118 valence electrons. The quantitative estimate of drug-likeness (QED) is 0.799. The van der Waals surface area contributed by atoms with Crippen LogP contribution in [0.1, 0.15) is 32.8 Å². The minimum absolute atomic E-state index is 0.0120. The van der Waals surface area contributed by atoms with E-state index >= 15 is 0 Å². The molecule has 0 aliphatic rings. The van der Waals surface area contributed by atoms with Crippen molar-refractivity contribution in [3.05, 3.63) is 29.8 Å². The van der Waals surface area contributed by atoms with Gasteiger partial charge in [0, 0.05) is 13.1 Å². The van der Waals surface area contributed by atoms with Crippen molar-refractivity contribution in [2.75, 3.05) is 13.1 Å². The lowest BCUT2D eigenvalue weighted by atomic mass is 10.0. The van der Waals surface area contributed by atoms with E-state index in [0.29, 0.717) is 5.92 Å². The molecule has 0 radical (unpaired) electrons. The second-order valence-electron chi connectivity index (χ2n) is 5.38. The standard InChI is InChI=1S/C15H23NO4S/c1-4-16(10-9-15(17)18)21(19,20)14-7-5-13(6-8-14)11-12(2)3/h5-8,12H,4,9-11H2,1-3H3,(H,17,18). The molecular weight excluding hydrogens is 290 g/mol. The maximum Gasteiger partial charge on any atom is 0.304 e. The molecule has 0 aliphatic heterocycles. The molecule has 0 saturated carbocycles. The van der Waals surface area contributed by atoms with Gasteiger partial charge in [0.05, 0.1) is 11.3 Å². The summed E-state index contributed by atoms with van der Waals surface area (Å²) in [7, 11) is -3.62. The normalized spacial score (nSPS) is 12.0. The second kappa shape index (κ2) is 7.56. The van der Waals surface area contributed by atoms with E-state index in [1.807, 2.05) is 12.1 Å². The number of carboxylic acids is 1. The lowest BCUT2D eigenvalue weighted by Crippen LogP contribution is -2.32. The number of hydrogen-bond donors (Lipinski definition) is 1. The summed E-state index contributed by atoms with van der Waals surface area (Å²) in [6, 6.07) is 6.82. The molecule has 6 heteroatoms. The zero-order valence-corrected chi connectivity index (χ0v) is 13.6. The van der Waals surface area contributed by atoms with Crippen LogP contribution >= 0.6 is 0 Å². The van der Waals surface area contributed by atoms with Crippen LogP contribution in [0.4, 0.5) is 0 Å². The molecule has 1 aromatic rings. The van der Waals surface area contributed by atoms with E-state index in [4.69, 9.17) is 5.11 Å². The van der Waals surface area contributed by atoms with Gasteiger partial charge in [-0.05, 0) is 30.0 Å². The van der Waals surface area contributed by atoms with Crippen molar-refractivity contribution >= 4 is 16.0 Å². The molecule has 0 heterocycles. The van der Waals surface area contributed by atoms with E-state index in [1.54, 1.807) is 19.1 Å². The summed E-state index contributed by atoms with van der Waals surface area (Å²) >= 11 is 0. The SMILES string of the molecule is CCN(CCC(=O)O)S(=O)(=O)c1ccc(CC(C)C)cc1. The highest BCUT2D eigenvalue weighted by atomic mass is 32.2. The van der Waals surface area contributed by atoms with Gasteiger partial charge in [0.15, 0.2) is 0 Å². The summed E-state index contributed by atoms with van der Waals surface area (Å²) < 4.78 is 26.1. The van der Waals surface area contributed by atoms with Crippen molar-refractivity contribution in [1.82, 2.24) is 4.31 Å². The van der Waals surface area contributed by atoms with Crippen LogP contribution in [0.3, 0.4) is 0 Å². The van der Waals surface area contributed by atoms with Gasteiger partial charge in [-0.1, -0.05) is 32.9 Å². The minimum Gasteiger partial charge on any atom is -0.481 e. The van der Waals surface area contributed by atoms with Crippen molar-refractivity contribution in [3.8, 4) is 0 Å². The molecule has 0 spiro atoms. The molecule has 5 nitrogen and oxygen atoms in total. The zero-order chi connectivity index (χ0) is 16.0. The van der Waals surface area contributed by atoms with E-state index < -0.39 is 16.0 Å². The molecule has 0 amide bonds. The molecule has 0 aromatic heterocycles. The highest BCUT2D eigenvalue weighted by Crippen LogP contribution is 2.18. The number of rotatable bonds is 8. The van der Waals surface area contributed by atoms with Crippen molar-refractivity contribution in [3.63, 3.8) is 0 Å². The Morgan fingerprint density at radius 3 is 2.24 bits per heavy atom. The number of benzene rings is 1. The Labute approximate surface area is 126 Å². The summed E-state index contributed by atoms with van der Waals surface area (Å²) in [5.41, 5.74) is 1.09. The van der Waals surface area contributed by atoms with Crippen molar-refractivity contribution in [2.24, 2.45) is 5.92 Å². The molecule has 1 aromatic carbocycles. The van der Waals surface area contributed by atoms with Crippen LogP contribution in [-0.2, 0) is 21.2 Å². The molecule has 0 fully saturated rings. The summed E-state index contributed by atoms with van der Waals surface area (Å²) in [5, 5.41) is 8.69. The Morgan fingerprint density at radius 2 is 1.81 bits per heavy atom. The monoisotopic (exact) mass is 313 g/mol. The zero-order valence-electron chi connectivity index (χ0n) is 12.7.